The Morgan fingerprint density at radius 1 is 0.276 bits per heavy atom. The van der Waals surface area contributed by atoms with E-state index in [-0.39, 0.29) is 0 Å². The highest BCUT2D eigenvalue weighted by atomic mass is 16.4. The number of nitrogens with one attached hydrogen (secondary N) is 4. The zero-order valence-electron chi connectivity index (χ0n) is 46.8. The van der Waals surface area contributed by atoms with Crippen LogP contribution < -0.4 is 21.3 Å². The van der Waals surface area contributed by atoms with Gasteiger partial charge in [0, 0.05) is 78.5 Å². The number of carboxylic acids is 3. The molecule has 0 spiro atoms. The third kappa shape index (κ3) is 29.9. The molecular formula is C46H85N9O32. The summed E-state index contributed by atoms with van der Waals surface area (Å²) in [5, 5.41) is 233. The van der Waals surface area contributed by atoms with Crippen LogP contribution in [0.1, 0.15) is 0 Å². The van der Waals surface area contributed by atoms with Crippen LogP contribution in [0.25, 0.3) is 0 Å². The number of aliphatic hydroxyl groups is 20. The smallest absolute Gasteiger partial charge is 0.317 e. The topological polar surface area (TPSA) is 683 Å². The van der Waals surface area contributed by atoms with Crippen LogP contribution in [0.4, 0.5) is 0 Å². The van der Waals surface area contributed by atoms with Gasteiger partial charge in [-0.25, -0.2) is 0 Å². The Morgan fingerprint density at radius 2 is 0.471 bits per heavy atom. The number of nitrogens with zero attached hydrogens (tertiary/aromatic N) is 5. The molecule has 0 aromatic rings. The molecule has 6 amide bonds. The van der Waals surface area contributed by atoms with Gasteiger partial charge in [-0.1, -0.05) is 0 Å². The predicted molar refractivity (Wildman–Crippen MR) is 282 cm³/mol. The molecule has 16 unspecified atom stereocenters. The fourth-order valence-electron chi connectivity index (χ4n) is 7.53. The maximum Gasteiger partial charge on any atom is 0.317 e. The average Bonchev–Trinajstić information content (AvgIpc) is 3.49. The van der Waals surface area contributed by atoms with Gasteiger partial charge >= 0.3 is 17.9 Å². The van der Waals surface area contributed by atoms with E-state index in [1.807, 2.05) is 0 Å². The van der Waals surface area contributed by atoms with Gasteiger partial charge in [-0.2, -0.15) is 0 Å². The summed E-state index contributed by atoms with van der Waals surface area (Å²) in [5.41, 5.74) is 0. The fourth-order valence-corrected chi connectivity index (χ4v) is 7.53. The van der Waals surface area contributed by atoms with Crippen molar-refractivity contribution in [3.63, 3.8) is 0 Å². The molecule has 27 N–H and O–H groups in total. The summed E-state index contributed by atoms with van der Waals surface area (Å²) < 4.78 is 0. The van der Waals surface area contributed by atoms with Crippen molar-refractivity contribution in [2.24, 2.45) is 0 Å². The minimum atomic E-state index is -2.44. The number of carbonyl (C=O) groups is 9. The first-order valence-electron chi connectivity index (χ1n) is 26.4. The molecule has 0 rings (SSSR count). The van der Waals surface area contributed by atoms with E-state index in [1.54, 1.807) is 0 Å². The van der Waals surface area contributed by atoms with Crippen molar-refractivity contribution in [1.29, 1.82) is 0 Å². The number of aliphatic carboxylic acids is 3. The quantitative estimate of drug-likeness (QED) is 0.0269. The van der Waals surface area contributed by atoms with Crippen LogP contribution in [-0.4, -0.2) is 431 Å². The number of carboxylic acid groups (broad SMARTS) is 3. The molecule has 0 saturated carbocycles. The highest BCUT2D eigenvalue weighted by Crippen LogP contribution is 2.10. The summed E-state index contributed by atoms with van der Waals surface area (Å²) in [5.74, 6) is -12.2. The number of rotatable bonds is 48. The zero-order valence-corrected chi connectivity index (χ0v) is 46.8. The molecule has 506 valence electrons. The van der Waals surface area contributed by atoms with Crippen molar-refractivity contribution in [3.8, 4) is 0 Å². The van der Waals surface area contributed by atoms with Crippen LogP contribution in [0.2, 0.25) is 0 Å². The van der Waals surface area contributed by atoms with Crippen LogP contribution in [0.15, 0.2) is 0 Å². The van der Waals surface area contributed by atoms with Gasteiger partial charge in [-0.3, -0.25) is 57.9 Å². The lowest BCUT2D eigenvalue weighted by molar-refractivity contribution is -0.149. The third-order valence-corrected chi connectivity index (χ3v) is 12.8. The van der Waals surface area contributed by atoms with Crippen LogP contribution in [0.3, 0.4) is 0 Å². The number of carbonyl (C=O) groups excluding carboxylic acids is 6. The Labute approximate surface area is 494 Å². The lowest BCUT2D eigenvalue weighted by Gasteiger charge is -2.31. The van der Waals surface area contributed by atoms with Gasteiger partial charge in [0.05, 0.1) is 59.2 Å². The van der Waals surface area contributed by atoms with Crippen LogP contribution in [-0.2, 0) is 43.2 Å². The van der Waals surface area contributed by atoms with Gasteiger partial charge in [0.15, 0.2) is 24.4 Å². The standard InChI is InChI=1S/C46H85N9O32/c56-18-22(60)31(72)35(76)39(80)43(84)47-1-5-54(6-2-48-44(85)40(81)36(77)32(73)23(61)19-57)26(64)13-52(16-29(68)69)11-9-51(15-28(66)67)10-12-53(17-30(70)71)14-27(65)55(7-3-49-45(86)41(82)37(78)33(74)24(62)20-58)8-4-50-46(87)42(83)38(79)34(75)25(63)21-59/h22-25,31-42,56-63,72-83H,1-21H2,(H,47,84)(H,48,85)(H,49,86)(H,50,87)(H,66,67)(H,68,69)(H,70,71). The predicted octanol–water partition coefficient (Wildman–Crippen LogP) is -19.0. The van der Waals surface area contributed by atoms with Gasteiger partial charge in [-0.05, 0) is 0 Å². The molecule has 0 bridgehead atoms. The first kappa shape index (κ1) is 81.3. The van der Waals surface area contributed by atoms with E-state index in [0.717, 1.165) is 24.5 Å². The number of aliphatic hydroxyl groups excluding tert-OH is 20. The molecule has 0 aromatic carbocycles. The van der Waals surface area contributed by atoms with E-state index in [4.69, 9.17) is 20.4 Å². The zero-order chi connectivity index (χ0) is 67.0. The van der Waals surface area contributed by atoms with E-state index >= 15 is 0 Å². The maximum absolute atomic E-state index is 13.9. The Kier molecular flexibility index (Phi) is 39.5. The first-order valence-corrected chi connectivity index (χ1v) is 26.4. The van der Waals surface area contributed by atoms with Crippen molar-refractivity contribution in [2.75, 3.05) is 138 Å². The van der Waals surface area contributed by atoms with Gasteiger partial charge in [-0.15, -0.1) is 0 Å². The van der Waals surface area contributed by atoms with Gasteiger partial charge in [0.1, 0.15) is 73.2 Å². The largest absolute Gasteiger partial charge is 0.480 e. The number of amides is 6. The Morgan fingerprint density at radius 3 is 0.667 bits per heavy atom. The molecule has 41 heteroatoms. The maximum atomic E-state index is 13.9. The van der Waals surface area contributed by atoms with E-state index < -0.39 is 289 Å². The number of hydrogen-bond donors (Lipinski definition) is 27. The molecule has 16 atom stereocenters. The second-order valence-corrected chi connectivity index (χ2v) is 19.5. The van der Waals surface area contributed by atoms with Crippen molar-refractivity contribution >= 4 is 53.4 Å². The van der Waals surface area contributed by atoms with Crippen molar-refractivity contribution in [3.05, 3.63) is 0 Å². The van der Waals surface area contributed by atoms with Gasteiger partial charge < -0.3 is 149 Å². The molecule has 0 radical (unpaired) electrons. The molecule has 0 heterocycles. The first-order chi connectivity index (χ1) is 40.6. The Hall–Kier alpha value is -5.69. The number of hydrogen-bond acceptors (Lipinski definition) is 32. The lowest BCUT2D eigenvalue weighted by Crippen LogP contribution is -2.54. The fraction of sp³-hybridized carbons (Fsp3) is 0.804. The molecule has 0 aliphatic heterocycles. The van der Waals surface area contributed by atoms with Gasteiger partial charge in [0.25, 0.3) is 23.6 Å². The minimum absolute atomic E-state index is 0.430. The molecule has 87 heavy (non-hydrogen) atoms. The third-order valence-electron chi connectivity index (χ3n) is 12.8. The van der Waals surface area contributed by atoms with Crippen molar-refractivity contribution in [1.82, 2.24) is 45.8 Å². The van der Waals surface area contributed by atoms with Crippen LogP contribution >= 0.6 is 0 Å². The lowest BCUT2D eigenvalue weighted by atomic mass is 10.0. The summed E-state index contributed by atoms with van der Waals surface area (Å²) in [6.45, 7) is -15.4. The molecule has 0 saturated heterocycles. The summed E-state index contributed by atoms with van der Waals surface area (Å²) in [4.78, 5) is 119. The molecule has 0 aromatic heterocycles. The summed E-state index contributed by atoms with van der Waals surface area (Å²) in [7, 11) is 0. The van der Waals surface area contributed by atoms with Crippen LogP contribution in [0.5, 0.6) is 0 Å². The van der Waals surface area contributed by atoms with E-state index in [9.17, 15) is 140 Å². The Balaban J connectivity index is 6.66. The molecule has 0 aliphatic rings. The molecule has 0 fully saturated rings. The van der Waals surface area contributed by atoms with Crippen LogP contribution in [0, 0.1) is 0 Å². The molecule has 41 nitrogen and oxygen atoms in total. The summed E-state index contributed by atoms with van der Waals surface area (Å²) in [6, 6.07) is 0. The molecule has 0 aliphatic carbocycles. The Bertz CT molecular complexity index is 1890. The summed E-state index contributed by atoms with van der Waals surface area (Å²) >= 11 is 0. The normalized spacial score (nSPS) is 17.4. The highest BCUT2D eigenvalue weighted by Gasteiger charge is 2.38. The van der Waals surface area contributed by atoms with E-state index in [1.165, 1.54) is 0 Å². The summed E-state index contributed by atoms with van der Waals surface area (Å²) in [6.07, 6.45) is -36.1. The van der Waals surface area contributed by atoms with Crippen molar-refractivity contribution in [2.45, 2.75) is 97.7 Å². The SMILES string of the molecule is O=C(O)CN(CCN(CC(=O)O)CC(=O)N(CCNC(=O)C(O)C(O)C(O)C(O)CO)CCNC(=O)C(O)C(O)C(O)C(O)CO)CCN(CC(=O)O)CC(=O)N(CCNC(=O)C(O)C(O)C(O)C(O)CO)CCNC(=O)C(O)C(O)C(O)C(O)CO. The monoisotopic (exact) mass is 1280 g/mol. The van der Waals surface area contributed by atoms with Gasteiger partial charge in [0.2, 0.25) is 11.8 Å². The molecular weight excluding hydrogens is 1190 g/mol. The second kappa shape index (κ2) is 42.3. The second-order valence-electron chi connectivity index (χ2n) is 19.5. The average molecular weight is 1280 g/mol. The van der Waals surface area contributed by atoms with Crippen molar-refractivity contribution < 1.29 is 161 Å². The van der Waals surface area contributed by atoms with E-state index in [0.29, 0.717) is 0 Å². The highest BCUT2D eigenvalue weighted by molar-refractivity contribution is 5.84. The van der Waals surface area contributed by atoms with E-state index in [2.05, 4.69) is 21.3 Å². The minimum Gasteiger partial charge on any atom is -0.480 e.